The van der Waals surface area contributed by atoms with Crippen LogP contribution in [-0.4, -0.2) is 61.5 Å². The molecule has 1 saturated heterocycles. The lowest BCUT2D eigenvalue weighted by Gasteiger charge is -2.33. The van der Waals surface area contributed by atoms with Crippen LogP contribution in [0.5, 0.6) is 5.75 Å². The number of aryl methyl sites for hydroxylation is 2. The molecule has 0 bridgehead atoms. The molecule has 152 valence electrons. The van der Waals surface area contributed by atoms with Gasteiger partial charge in [-0.1, -0.05) is 0 Å². The number of benzene rings is 2. The van der Waals surface area contributed by atoms with Gasteiger partial charge in [0.15, 0.2) is 6.23 Å². The minimum Gasteiger partial charge on any atom is -0.508 e. The van der Waals surface area contributed by atoms with Gasteiger partial charge in [0.2, 0.25) is 0 Å². The third kappa shape index (κ3) is 2.59. The Morgan fingerprint density at radius 3 is 2.69 bits per heavy atom. The molecule has 3 aromatic rings. The summed E-state index contributed by atoms with van der Waals surface area (Å²) in [6.07, 6.45) is 0.115. The van der Waals surface area contributed by atoms with E-state index in [1.165, 1.54) is 0 Å². The Labute approximate surface area is 167 Å². The van der Waals surface area contributed by atoms with Crippen LogP contribution >= 0.6 is 0 Å². The first-order valence-electron chi connectivity index (χ1n) is 9.73. The van der Waals surface area contributed by atoms with E-state index in [1.807, 2.05) is 23.2 Å². The van der Waals surface area contributed by atoms with Crippen molar-refractivity contribution in [2.75, 3.05) is 6.61 Å². The summed E-state index contributed by atoms with van der Waals surface area (Å²) in [5, 5.41) is 41.9. The normalized spacial score (nSPS) is 26.6. The summed E-state index contributed by atoms with van der Waals surface area (Å²) < 4.78 is 5.70. The molecule has 0 radical (unpaired) electrons. The first kappa shape index (κ1) is 18.4. The molecule has 0 spiro atoms. The molecule has 0 amide bonds. The van der Waals surface area contributed by atoms with Gasteiger partial charge in [0, 0.05) is 29.0 Å². The molecule has 29 heavy (non-hydrogen) atoms. The number of phenolic OH excluding ortho intramolecular Hbond substituents is 1. The molecule has 2 aromatic carbocycles. The van der Waals surface area contributed by atoms with Gasteiger partial charge in [0.05, 0.1) is 12.1 Å². The van der Waals surface area contributed by atoms with E-state index >= 15 is 0 Å². The van der Waals surface area contributed by atoms with Crippen molar-refractivity contribution in [3.8, 4) is 5.75 Å². The maximum Gasteiger partial charge on any atom is 0.159 e. The zero-order valence-electron chi connectivity index (χ0n) is 16.3. The molecule has 4 atom stereocenters. The summed E-state index contributed by atoms with van der Waals surface area (Å²) in [6, 6.07) is 5.32. The fourth-order valence-electron chi connectivity index (χ4n) is 4.73. The third-order valence-electron chi connectivity index (χ3n) is 6.33. The second-order valence-electron chi connectivity index (χ2n) is 7.96. The predicted octanol–water partition coefficient (Wildman–Crippen LogP) is 1.87. The van der Waals surface area contributed by atoms with E-state index in [9.17, 15) is 20.4 Å². The topological polar surface area (TPSA) is 109 Å². The molecule has 1 fully saturated rings. The molecule has 2 aliphatic rings. The molecular formula is C22H24N2O5. The number of ether oxygens (including phenoxy) is 1. The van der Waals surface area contributed by atoms with Gasteiger partial charge in [0.25, 0.3) is 0 Å². The highest BCUT2D eigenvalue weighted by molar-refractivity contribution is 6.11. The van der Waals surface area contributed by atoms with Crippen molar-refractivity contribution < 1.29 is 25.2 Å². The number of hydrogen-bond donors (Lipinski definition) is 5. The van der Waals surface area contributed by atoms with Crippen LogP contribution in [0.4, 0.5) is 0 Å². The Hall–Kier alpha value is -2.58. The summed E-state index contributed by atoms with van der Waals surface area (Å²) in [5.74, 6) is 0.223. The Bertz CT molecular complexity index is 1150. The number of aromatic hydroxyl groups is 1. The molecule has 3 heterocycles. The highest BCUT2D eigenvalue weighted by atomic mass is 16.6. The number of aromatic nitrogens is 1. The predicted molar refractivity (Wildman–Crippen MR) is 109 cm³/mol. The quantitative estimate of drug-likeness (QED) is 0.453. The smallest absolute Gasteiger partial charge is 0.159 e. The zero-order chi connectivity index (χ0) is 20.4. The van der Waals surface area contributed by atoms with Crippen LogP contribution in [-0.2, 0) is 11.3 Å². The van der Waals surface area contributed by atoms with E-state index in [0.717, 1.165) is 44.1 Å². The van der Waals surface area contributed by atoms with E-state index in [1.54, 1.807) is 12.1 Å². The number of phenols is 1. The Morgan fingerprint density at radius 2 is 1.97 bits per heavy atom. The molecule has 2 aliphatic heterocycles. The minimum absolute atomic E-state index is 0.223. The van der Waals surface area contributed by atoms with Gasteiger partial charge < -0.3 is 35.0 Å². The Morgan fingerprint density at radius 1 is 1.17 bits per heavy atom. The Balaban J connectivity index is 1.62. The van der Waals surface area contributed by atoms with E-state index in [-0.39, 0.29) is 12.4 Å². The number of hydrogen-bond acceptors (Lipinski definition) is 6. The summed E-state index contributed by atoms with van der Waals surface area (Å²) in [4.78, 5) is 5.33. The monoisotopic (exact) mass is 396 g/mol. The number of nitrogens with one attached hydrogen (secondary N) is 1. The maximum atomic E-state index is 10.4. The van der Waals surface area contributed by atoms with Gasteiger partial charge in [-0.2, -0.15) is 0 Å². The fraction of sp³-hybridized carbons (Fsp3) is 0.364. The molecule has 1 aromatic heterocycles. The van der Waals surface area contributed by atoms with Crippen LogP contribution in [0.15, 0.2) is 24.4 Å². The lowest BCUT2D eigenvalue weighted by molar-refractivity contribution is -0.0826. The SMILES string of the molecule is Cc1c2c(c(C)c3c1[nH]c1ccc(O)cc13)CN([C@@H]1O[C@@H](CO)[C@H](O)[C@H]1O)C=C2. The van der Waals surface area contributed by atoms with Crippen LogP contribution in [0.3, 0.4) is 0 Å². The van der Waals surface area contributed by atoms with Crippen molar-refractivity contribution in [3.05, 3.63) is 46.7 Å². The molecule has 5 N–H and O–H groups in total. The van der Waals surface area contributed by atoms with E-state index in [0.29, 0.717) is 6.54 Å². The van der Waals surface area contributed by atoms with Gasteiger partial charge in [-0.05, 0) is 60.4 Å². The molecule has 0 unspecified atom stereocenters. The van der Waals surface area contributed by atoms with Crippen molar-refractivity contribution in [2.24, 2.45) is 0 Å². The number of H-pyrrole nitrogens is 1. The van der Waals surface area contributed by atoms with Crippen LogP contribution < -0.4 is 0 Å². The van der Waals surface area contributed by atoms with Crippen LogP contribution in [0.25, 0.3) is 27.9 Å². The van der Waals surface area contributed by atoms with Gasteiger partial charge in [0.1, 0.15) is 24.1 Å². The van der Waals surface area contributed by atoms with E-state index in [4.69, 9.17) is 4.74 Å². The van der Waals surface area contributed by atoms with Crippen molar-refractivity contribution in [1.82, 2.24) is 9.88 Å². The van der Waals surface area contributed by atoms with Crippen LogP contribution in [0, 0.1) is 13.8 Å². The zero-order valence-corrected chi connectivity index (χ0v) is 16.3. The molecular weight excluding hydrogens is 372 g/mol. The second-order valence-corrected chi connectivity index (χ2v) is 7.96. The Kier molecular flexibility index (Phi) is 4.11. The van der Waals surface area contributed by atoms with Crippen LogP contribution in [0.2, 0.25) is 0 Å². The van der Waals surface area contributed by atoms with E-state index < -0.39 is 24.5 Å². The molecule has 0 saturated carbocycles. The number of fused-ring (bicyclic) bond motifs is 4. The van der Waals surface area contributed by atoms with Crippen molar-refractivity contribution in [3.63, 3.8) is 0 Å². The average molecular weight is 396 g/mol. The number of rotatable bonds is 2. The largest absolute Gasteiger partial charge is 0.508 e. The summed E-state index contributed by atoms with van der Waals surface area (Å²) in [5.41, 5.74) is 6.46. The highest BCUT2D eigenvalue weighted by Gasteiger charge is 2.45. The summed E-state index contributed by atoms with van der Waals surface area (Å²) >= 11 is 0. The number of aromatic amines is 1. The lowest BCUT2D eigenvalue weighted by atomic mass is 9.90. The lowest BCUT2D eigenvalue weighted by Crippen LogP contribution is -2.42. The first-order chi connectivity index (χ1) is 13.9. The molecule has 0 aliphatic carbocycles. The molecule has 5 rings (SSSR count). The van der Waals surface area contributed by atoms with Crippen molar-refractivity contribution in [1.29, 1.82) is 0 Å². The summed E-state index contributed by atoms with van der Waals surface area (Å²) in [7, 11) is 0. The van der Waals surface area contributed by atoms with Crippen LogP contribution in [0.1, 0.15) is 22.3 Å². The highest BCUT2D eigenvalue weighted by Crippen LogP contribution is 2.39. The third-order valence-corrected chi connectivity index (χ3v) is 6.33. The number of aliphatic hydroxyl groups is 3. The first-order valence-corrected chi connectivity index (χ1v) is 9.73. The van der Waals surface area contributed by atoms with E-state index in [2.05, 4.69) is 18.8 Å². The minimum atomic E-state index is -1.12. The van der Waals surface area contributed by atoms with Gasteiger partial charge in [-0.3, -0.25) is 0 Å². The number of nitrogens with zero attached hydrogens (tertiary/aromatic N) is 1. The molecule has 7 heteroatoms. The fourth-order valence-corrected chi connectivity index (χ4v) is 4.73. The van der Waals surface area contributed by atoms with Crippen molar-refractivity contribution >= 4 is 27.9 Å². The average Bonchev–Trinajstić information content (AvgIpc) is 3.24. The van der Waals surface area contributed by atoms with Gasteiger partial charge in [-0.25, -0.2) is 0 Å². The second kappa shape index (κ2) is 6.47. The molecule has 7 nitrogen and oxygen atoms in total. The van der Waals surface area contributed by atoms with Gasteiger partial charge in [-0.15, -0.1) is 0 Å². The standard InChI is InChI=1S/C22H24N2O5/c1-10-15-8-24(22-21(28)20(27)17(9-25)29-22)6-5-13(15)11(2)19-18(10)14-7-12(26)3-4-16(14)23-19/h3-7,17,20-23,25-28H,8-9H2,1-2H3/t17-,20-,21+,22+/m0/s1. The van der Waals surface area contributed by atoms with Gasteiger partial charge >= 0.3 is 0 Å². The number of aliphatic hydroxyl groups excluding tert-OH is 3. The van der Waals surface area contributed by atoms with Crippen molar-refractivity contribution in [2.45, 2.75) is 44.9 Å². The summed E-state index contributed by atoms with van der Waals surface area (Å²) in [6.45, 7) is 4.29. The maximum absolute atomic E-state index is 10.4.